The summed E-state index contributed by atoms with van der Waals surface area (Å²) in [4.78, 5) is 25.3. The topological polar surface area (TPSA) is 47.3 Å². The van der Waals surface area contributed by atoms with E-state index < -0.39 is 0 Å². The fourth-order valence-electron chi connectivity index (χ4n) is 3.80. The van der Waals surface area contributed by atoms with Gasteiger partial charge in [-0.05, 0) is 12.0 Å². The molecule has 26 heavy (non-hydrogen) atoms. The summed E-state index contributed by atoms with van der Waals surface area (Å²) in [7, 11) is 0. The first-order valence-corrected chi connectivity index (χ1v) is 9.96. The van der Waals surface area contributed by atoms with Crippen molar-refractivity contribution in [1.82, 2.24) is 0 Å². The van der Waals surface area contributed by atoms with Gasteiger partial charge in [-0.1, -0.05) is 83.1 Å². The lowest BCUT2D eigenvalue weighted by Crippen LogP contribution is -2.18. The van der Waals surface area contributed by atoms with E-state index in [1.54, 1.807) is 30.3 Å². The van der Waals surface area contributed by atoms with Crippen molar-refractivity contribution in [2.24, 2.45) is 5.92 Å². The second-order valence-electron chi connectivity index (χ2n) is 7.34. The second-order valence-corrected chi connectivity index (χ2v) is 7.34. The zero-order chi connectivity index (χ0) is 18.5. The molecule has 0 bridgehead atoms. The minimum absolute atomic E-state index is 0.0992. The molecule has 1 aromatic carbocycles. The van der Waals surface area contributed by atoms with E-state index in [9.17, 15) is 9.59 Å². The van der Waals surface area contributed by atoms with E-state index >= 15 is 0 Å². The van der Waals surface area contributed by atoms with Gasteiger partial charge in [-0.3, -0.25) is 9.59 Å². The fourth-order valence-corrected chi connectivity index (χ4v) is 3.80. The Labute approximate surface area is 155 Å². The van der Waals surface area contributed by atoms with Gasteiger partial charge in [0.2, 0.25) is 5.78 Å². The van der Waals surface area contributed by atoms with Crippen LogP contribution in [0.1, 0.15) is 96.6 Å². The average Bonchev–Trinajstić information content (AvgIpc) is 3.09. The maximum absolute atomic E-state index is 12.7. The molecule has 1 atom stereocenters. The van der Waals surface area contributed by atoms with Crippen LogP contribution in [-0.2, 0) is 6.42 Å². The number of rotatable bonds is 9. The van der Waals surface area contributed by atoms with Crippen molar-refractivity contribution in [3.05, 3.63) is 58.5 Å². The molecular formula is C23H28O3. The average molecular weight is 352 g/mol. The van der Waals surface area contributed by atoms with Crippen LogP contribution in [0.2, 0.25) is 0 Å². The molecule has 1 heterocycles. The molecule has 0 fully saturated rings. The highest BCUT2D eigenvalue weighted by Crippen LogP contribution is 2.31. The number of benzene rings is 1. The predicted molar refractivity (Wildman–Crippen MR) is 103 cm³/mol. The third-order valence-electron chi connectivity index (χ3n) is 5.43. The van der Waals surface area contributed by atoms with Gasteiger partial charge in [0.25, 0.3) is 0 Å². The van der Waals surface area contributed by atoms with Crippen LogP contribution in [0.4, 0.5) is 0 Å². The lowest BCUT2D eigenvalue weighted by atomic mass is 9.88. The van der Waals surface area contributed by atoms with Gasteiger partial charge < -0.3 is 4.42 Å². The number of fused-ring (bicyclic) bond motifs is 2. The Balaban J connectivity index is 1.69. The molecule has 3 rings (SSSR count). The first-order chi connectivity index (χ1) is 12.7. The Hall–Kier alpha value is -2.16. The van der Waals surface area contributed by atoms with E-state index in [0.29, 0.717) is 22.6 Å². The quantitative estimate of drug-likeness (QED) is 0.445. The molecule has 0 radical (unpaired) electrons. The van der Waals surface area contributed by atoms with Gasteiger partial charge in [0, 0.05) is 17.5 Å². The van der Waals surface area contributed by atoms with Gasteiger partial charge in [0.1, 0.15) is 5.76 Å². The SMILES string of the molecule is CCCCCCCC(CC)Cc1cc2c(o1)C(=O)c1ccccc1C2=O. The number of hydrogen-bond donors (Lipinski definition) is 0. The molecule has 0 spiro atoms. The minimum Gasteiger partial charge on any atom is -0.457 e. The van der Waals surface area contributed by atoms with Crippen molar-refractivity contribution < 1.29 is 14.0 Å². The van der Waals surface area contributed by atoms with Crippen LogP contribution in [0.15, 0.2) is 34.7 Å². The second kappa shape index (κ2) is 8.48. The van der Waals surface area contributed by atoms with Gasteiger partial charge in [-0.2, -0.15) is 0 Å². The summed E-state index contributed by atoms with van der Waals surface area (Å²) in [6, 6.07) is 8.79. The van der Waals surface area contributed by atoms with E-state index in [1.807, 2.05) is 0 Å². The van der Waals surface area contributed by atoms with Crippen LogP contribution in [-0.4, -0.2) is 11.6 Å². The van der Waals surface area contributed by atoms with E-state index in [2.05, 4.69) is 13.8 Å². The molecule has 138 valence electrons. The lowest BCUT2D eigenvalue weighted by Gasteiger charge is -2.13. The molecule has 3 nitrogen and oxygen atoms in total. The molecule has 3 heteroatoms. The molecule has 0 amide bonds. The van der Waals surface area contributed by atoms with Crippen LogP contribution in [0, 0.1) is 5.92 Å². The van der Waals surface area contributed by atoms with Crippen LogP contribution in [0.25, 0.3) is 0 Å². The summed E-state index contributed by atoms with van der Waals surface area (Å²) in [5, 5.41) is 0. The highest BCUT2D eigenvalue weighted by Gasteiger charge is 2.33. The summed E-state index contributed by atoms with van der Waals surface area (Å²) in [5.41, 5.74) is 1.37. The summed E-state index contributed by atoms with van der Waals surface area (Å²) < 4.78 is 5.85. The normalized spacial score (nSPS) is 14.2. The zero-order valence-electron chi connectivity index (χ0n) is 15.8. The predicted octanol–water partition coefficient (Wildman–Crippen LogP) is 5.98. The lowest BCUT2D eigenvalue weighted by molar-refractivity contribution is 0.0959. The number of carbonyl (C=O) groups is 2. The van der Waals surface area contributed by atoms with Crippen LogP contribution >= 0.6 is 0 Å². The summed E-state index contributed by atoms with van der Waals surface area (Å²) in [6.45, 7) is 4.43. The smallest absolute Gasteiger partial charge is 0.229 e. The summed E-state index contributed by atoms with van der Waals surface area (Å²) in [6.07, 6.45) is 9.46. The third-order valence-corrected chi connectivity index (χ3v) is 5.43. The van der Waals surface area contributed by atoms with E-state index in [1.165, 1.54) is 38.5 Å². The fraction of sp³-hybridized carbons (Fsp3) is 0.478. The van der Waals surface area contributed by atoms with Crippen LogP contribution in [0.5, 0.6) is 0 Å². The molecular weight excluding hydrogens is 324 g/mol. The molecule has 0 N–H and O–H groups in total. The largest absolute Gasteiger partial charge is 0.457 e. The Morgan fingerprint density at radius 1 is 0.885 bits per heavy atom. The Bertz CT molecular complexity index is 732. The first-order valence-electron chi connectivity index (χ1n) is 9.96. The molecule has 1 aliphatic carbocycles. The maximum atomic E-state index is 12.7. The van der Waals surface area contributed by atoms with Crippen LogP contribution in [0.3, 0.4) is 0 Å². The third kappa shape index (κ3) is 3.82. The van der Waals surface area contributed by atoms with Gasteiger partial charge in [0.05, 0.1) is 5.56 Å². The number of hydrogen-bond acceptors (Lipinski definition) is 3. The minimum atomic E-state index is -0.172. The number of ketones is 2. The zero-order valence-corrected chi connectivity index (χ0v) is 15.8. The van der Waals surface area contributed by atoms with Crippen molar-refractivity contribution in [3.63, 3.8) is 0 Å². The van der Waals surface area contributed by atoms with Crippen molar-refractivity contribution >= 4 is 11.6 Å². The van der Waals surface area contributed by atoms with Gasteiger partial charge in [0.15, 0.2) is 11.5 Å². The number of furan rings is 1. The molecule has 1 aromatic heterocycles. The molecule has 0 saturated carbocycles. The van der Waals surface area contributed by atoms with E-state index in [-0.39, 0.29) is 17.3 Å². The van der Waals surface area contributed by atoms with Crippen molar-refractivity contribution in [3.8, 4) is 0 Å². The Kier molecular flexibility index (Phi) is 6.08. The van der Waals surface area contributed by atoms with Gasteiger partial charge >= 0.3 is 0 Å². The van der Waals surface area contributed by atoms with Crippen molar-refractivity contribution in [1.29, 1.82) is 0 Å². The first kappa shape index (κ1) is 18.6. The molecule has 0 aliphatic heterocycles. The Morgan fingerprint density at radius 2 is 1.58 bits per heavy atom. The molecule has 1 unspecified atom stereocenters. The number of unbranched alkanes of at least 4 members (excludes halogenated alkanes) is 4. The van der Waals surface area contributed by atoms with Gasteiger partial charge in [-0.15, -0.1) is 0 Å². The van der Waals surface area contributed by atoms with E-state index in [0.717, 1.165) is 18.6 Å². The standard InChI is InChI=1S/C23H28O3/c1-3-5-6-7-8-11-16(4-2)14-17-15-20-21(24)18-12-9-10-13-19(18)22(25)23(20)26-17/h9-10,12-13,15-16H,3-8,11,14H2,1-2H3. The van der Waals surface area contributed by atoms with Crippen molar-refractivity contribution in [2.45, 2.75) is 65.2 Å². The Morgan fingerprint density at radius 3 is 2.27 bits per heavy atom. The summed E-state index contributed by atoms with van der Waals surface area (Å²) >= 11 is 0. The molecule has 2 aromatic rings. The molecule has 1 aliphatic rings. The van der Waals surface area contributed by atoms with Crippen molar-refractivity contribution in [2.75, 3.05) is 0 Å². The highest BCUT2D eigenvalue weighted by molar-refractivity contribution is 6.27. The van der Waals surface area contributed by atoms with Gasteiger partial charge in [-0.25, -0.2) is 0 Å². The molecule has 0 saturated heterocycles. The van der Waals surface area contributed by atoms with E-state index in [4.69, 9.17) is 4.42 Å². The highest BCUT2D eigenvalue weighted by atomic mass is 16.3. The number of carbonyl (C=O) groups excluding carboxylic acids is 2. The maximum Gasteiger partial charge on any atom is 0.229 e. The monoisotopic (exact) mass is 352 g/mol. The van der Waals surface area contributed by atoms with Crippen LogP contribution < -0.4 is 0 Å². The summed E-state index contributed by atoms with van der Waals surface area (Å²) in [5.74, 6) is 1.26.